The smallest absolute Gasteiger partial charge is 0.290 e. The van der Waals surface area contributed by atoms with Crippen molar-refractivity contribution in [2.45, 2.75) is 13.0 Å². The molecule has 1 N–H and O–H groups in total. The van der Waals surface area contributed by atoms with Crippen molar-refractivity contribution in [2.75, 3.05) is 20.6 Å². The molecule has 1 aromatic heterocycles. The lowest BCUT2D eigenvalue weighted by Gasteiger charge is -2.20. The topological polar surface area (TPSA) is 82.2 Å². The molecular formula is C22H23ClN4O2. The van der Waals surface area contributed by atoms with Gasteiger partial charge >= 0.3 is 0 Å². The zero-order valence-electron chi connectivity index (χ0n) is 16.6. The van der Waals surface area contributed by atoms with E-state index in [1.54, 1.807) is 6.07 Å². The molecule has 0 radical (unpaired) electrons. The summed E-state index contributed by atoms with van der Waals surface area (Å²) in [6.07, 6.45) is 3.86. The molecule has 0 amide bonds. The molecule has 0 saturated heterocycles. The summed E-state index contributed by atoms with van der Waals surface area (Å²) in [7, 11) is 4.14. The van der Waals surface area contributed by atoms with Crippen molar-refractivity contribution in [3.05, 3.63) is 65.4 Å². The first-order valence-electron chi connectivity index (χ1n) is 8.97. The van der Waals surface area contributed by atoms with E-state index in [1.165, 1.54) is 0 Å². The summed E-state index contributed by atoms with van der Waals surface area (Å²) in [5.41, 5.74) is 3.57. The number of imidazole rings is 1. The number of hydrogen-bond acceptors (Lipinski definition) is 4. The number of hydrogen-bond donors (Lipinski definition) is 1. The van der Waals surface area contributed by atoms with Crippen LogP contribution in [0.15, 0.2) is 54.9 Å². The molecular weight excluding hydrogens is 388 g/mol. The molecule has 0 aliphatic rings. The van der Waals surface area contributed by atoms with Gasteiger partial charge in [0.1, 0.15) is 11.9 Å². The minimum atomic E-state index is -0.250. The van der Waals surface area contributed by atoms with Gasteiger partial charge in [0, 0.05) is 30.5 Å². The van der Waals surface area contributed by atoms with Crippen molar-refractivity contribution in [1.29, 1.82) is 5.26 Å². The van der Waals surface area contributed by atoms with Crippen molar-refractivity contribution in [3.63, 3.8) is 0 Å². The Morgan fingerprint density at radius 1 is 1.24 bits per heavy atom. The molecule has 0 aliphatic heterocycles. The minimum Gasteiger partial charge on any atom is -0.483 e. The molecule has 2 aromatic carbocycles. The number of carbonyl (C=O) groups is 1. The monoisotopic (exact) mass is 410 g/mol. The summed E-state index contributed by atoms with van der Waals surface area (Å²) in [6.45, 7) is 2.88. The molecule has 1 heterocycles. The van der Waals surface area contributed by atoms with E-state index in [2.05, 4.69) is 53.7 Å². The summed E-state index contributed by atoms with van der Waals surface area (Å²) in [4.78, 5) is 15.1. The van der Waals surface area contributed by atoms with Gasteiger partial charge in [0.2, 0.25) is 0 Å². The quantitative estimate of drug-likeness (QED) is 0.623. The van der Waals surface area contributed by atoms with E-state index in [4.69, 9.17) is 26.8 Å². The second kappa shape index (κ2) is 10.4. The van der Waals surface area contributed by atoms with Gasteiger partial charge in [-0.05, 0) is 50.3 Å². The normalized spacial score (nSPS) is 11.3. The molecule has 0 bridgehead atoms. The maximum atomic E-state index is 9.04. The SMILES string of the molecule is CC(CN(C)C)n1ccnc1-c1cccc(-c2ccc(C#N)c(Cl)c2)c1.O=CO. The number of nitrogens with zero attached hydrogens (tertiary/aromatic N) is 4. The standard InChI is InChI=1S/C21H21ClN4.CH2O2/c1-15(14-25(2)3)26-10-9-24-21(26)18-6-4-5-16(11-18)17-7-8-19(13-23)20(22)12-17;2-1-3/h4-12,15H,14H2,1-3H3;1H,(H,2,3). The predicted molar refractivity (Wildman–Crippen MR) is 115 cm³/mol. The fourth-order valence-corrected chi connectivity index (χ4v) is 3.35. The van der Waals surface area contributed by atoms with Crippen LogP contribution in [0.3, 0.4) is 0 Å². The predicted octanol–water partition coefficient (Wildman–Crippen LogP) is 4.57. The van der Waals surface area contributed by atoms with Gasteiger partial charge in [-0.25, -0.2) is 4.98 Å². The molecule has 7 heteroatoms. The zero-order valence-corrected chi connectivity index (χ0v) is 17.3. The van der Waals surface area contributed by atoms with Gasteiger partial charge in [0.25, 0.3) is 6.47 Å². The van der Waals surface area contributed by atoms with Crippen LogP contribution in [0.25, 0.3) is 22.5 Å². The van der Waals surface area contributed by atoms with Gasteiger partial charge < -0.3 is 14.6 Å². The van der Waals surface area contributed by atoms with E-state index < -0.39 is 0 Å². The Morgan fingerprint density at radius 2 is 1.90 bits per heavy atom. The average Bonchev–Trinajstić information content (AvgIpc) is 3.18. The summed E-state index contributed by atoms with van der Waals surface area (Å²) >= 11 is 6.19. The largest absolute Gasteiger partial charge is 0.483 e. The first kappa shape index (κ1) is 22.2. The fraction of sp³-hybridized carbons (Fsp3) is 0.227. The number of halogens is 1. The van der Waals surface area contributed by atoms with Crippen molar-refractivity contribution in [1.82, 2.24) is 14.5 Å². The lowest BCUT2D eigenvalue weighted by atomic mass is 10.0. The second-order valence-corrected chi connectivity index (χ2v) is 7.17. The van der Waals surface area contributed by atoms with Crippen LogP contribution in [0.1, 0.15) is 18.5 Å². The van der Waals surface area contributed by atoms with Crippen molar-refractivity contribution < 1.29 is 9.90 Å². The van der Waals surface area contributed by atoms with E-state index in [1.807, 2.05) is 36.7 Å². The highest BCUT2D eigenvalue weighted by molar-refractivity contribution is 6.32. The molecule has 1 unspecified atom stereocenters. The minimum absolute atomic E-state index is 0.250. The fourth-order valence-electron chi connectivity index (χ4n) is 3.13. The molecule has 6 nitrogen and oxygen atoms in total. The Balaban J connectivity index is 0.000000941. The summed E-state index contributed by atoms with van der Waals surface area (Å²) < 4.78 is 2.20. The van der Waals surface area contributed by atoms with Crippen LogP contribution in [-0.2, 0) is 4.79 Å². The molecule has 0 aliphatic carbocycles. The first-order valence-corrected chi connectivity index (χ1v) is 9.35. The van der Waals surface area contributed by atoms with Crippen LogP contribution in [-0.4, -0.2) is 46.7 Å². The van der Waals surface area contributed by atoms with Crippen LogP contribution >= 0.6 is 11.6 Å². The van der Waals surface area contributed by atoms with Crippen molar-refractivity contribution >= 4 is 18.1 Å². The van der Waals surface area contributed by atoms with E-state index in [-0.39, 0.29) is 6.47 Å². The molecule has 0 fully saturated rings. The molecule has 3 rings (SSSR count). The Hall–Kier alpha value is -3.14. The molecule has 1 atom stereocenters. The van der Waals surface area contributed by atoms with Crippen molar-refractivity contribution in [3.8, 4) is 28.6 Å². The zero-order chi connectivity index (χ0) is 21.4. The summed E-state index contributed by atoms with van der Waals surface area (Å²) in [5, 5.41) is 16.4. The number of rotatable bonds is 5. The lowest BCUT2D eigenvalue weighted by Crippen LogP contribution is -2.22. The van der Waals surface area contributed by atoms with Crippen molar-refractivity contribution in [2.24, 2.45) is 0 Å². The van der Waals surface area contributed by atoms with Gasteiger partial charge in [-0.2, -0.15) is 5.26 Å². The van der Waals surface area contributed by atoms with Crippen LogP contribution in [0.2, 0.25) is 5.02 Å². The maximum absolute atomic E-state index is 9.04. The number of benzene rings is 2. The number of nitriles is 1. The number of aromatic nitrogens is 2. The summed E-state index contributed by atoms with van der Waals surface area (Å²) in [6, 6.07) is 16.2. The van der Waals surface area contributed by atoms with Gasteiger partial charge in [-0.15, -0.1) is 0 Å². The second-order valence-electron chi connectivity index (χ2n) is 6.76. The van der Waals surface area contributed by atoms with Gasteiger partial charge in [0.05, 0.1) is 10.6 Å². The Morgan fingerprint density at radius 3 is 2.52 bits per heavy atom. The third-order valence-electron chi connectivity index (χ3n) is 4.32. The van der Waals surface area contributed by atoms with Crippen LogP contribution in [0.5, 0.6) is 0 Å². The van der Waals surface area contributed by atoms with E-state index in [0.717, 1.165) is 29.1 Å². The third-order valence-corrected chi connectivity index (χ3v) is 4.63. The van der Waals surface area contributed by atoms with E-state index >= 15 is 0 Å². The Kier molecular flexibility index (Phi) is 7.96. The highest BCUT2D eigenvalue weighted by atomic mass is 35.5. The Bertz CT molecular complexity index is 1010. The van der Waals surface area contributed by atoms with Gasteiger partial charge in [0.15, 0.2) is 0 Å². The number of likely N-dealkylation sites (N-methyl/N-ethyl adjacent to an activating group) is 1. The van der Waals surface area contributed by atoms with Crippen LogP contribution < -0.4 is 0 Å². The van der Waals surface area contributed by atoms with Crippen LogP contribution in [0, 0.1) is 11.3 Å². The highest BCUT2D eigenvalue weighted by Crippen LogP contribution is 2.29. The van der Waals surface area contributed by atoms with Gasteiger partial charge in [-0.3, -0.25) is 4.79 Å². The molecule has 0 saturated carbocycles. The van der Waals surface area contributed by atoms with Crippen LogP contribution in [0.4, 0.5) is 0 Å². The number of carboxylic acid groups (broad SMARTS) is 1. The third kappa shape index (κ3) is 5.67. The lowest BCUT2D eigenvalue weighted by molar-refractivity contribution is -0.122. The van der Waals surface area contributed by atoms with E-state index in [9.17, 15) is 0 Å². The van der Waals surface area contributed by atoms with Gasteiger partial charge in [-0.1, -0.05) is 35.9 Å². The summed E-state index contributed by atoms with van der Waals surface area (Å²) in [5.74, 6) is 0.945. The first-order chi connectivity index (χ1) is 13.9. The highest BCUT2D eigenvalue weighted by Gasteiger charge is 2.13. The Labute approximate surface area is 175 Å². The average molecular weight is 411 g/mol. The molecule has 0 spiro atoms. The molecule has 3 aromatic rings. The van der Waals surface area contributed by atoms with E-state index in [0.29, 0.717) is 16.6 Å². The maximum Gasteiger partial charge on any atom is 0.290 e. The molecule has 29 heavy (non-hydrogen) atoms. The molecule has 150 valence electrons.